The molecule has 0 radical (unpaired) electrons. The first-order chi connectivity index (χ1) is 10.1. The van der Waals surface area contributed by atoms with Gasteiger partial charge in [-0.05, 0) is 48.1 Å². The third-order valence-electron chi connectivity index (χ3n) is 3.69. The molecule has 1 aliphatic rings. The minimum absolute atomic E-state index is 0.102. The number of carboxylic acid groups (broad SMARTS) is 1. The molecule has 3 rings (SSSR count). The number of amides is 1. The Hall–Kier alpha value is -2.14. The summed E-state index contributed by atoms with van der Waals surface area (Å²) in [6, 6.07) is 9.00. The Labute approximate surface area is 126 Å². The van der Waals surface area contributed by atoms with Crippen LogP contribution < -0.4 is 4.90 Å². The summed E-state index contributed by atoms with van der Waals surface area (Å²) in [6.45, 7) is 0.641. The van der Waals surface area contributed by atoms with Crippen LogP contribution in [-0.2, 0) is 17.6 Å². The Morgan fingerprint density at radius 3 is 2.86 bits per heavy atom. The van der Waals surface area contributed by atoms with Gasteiger partial charge >= 0.3 is 5.97 Å². The number of fused-ring (bicyclic) bond motifs is 1. The van der Waals surface area contributed by atoms with Crippen LogP contribution in [0, 0.1) is 0 Å². The van der Waals surface area contributed by atoms with Crippen LogP contribution in [0.4, 0.5) is 5.69 Å². The monoisotopic (exact) mass is 301 g/mol. The first-order valence-corrected chi connectivity index (χ1v) is 7.72. The van der Waals surface area contributed by atoms with Crippen molar-refractivity contribution in [3.63, 3.8) is 0 Å². The maximum atomic E-state index is 12.3. The molecule has 0 saturated carbocycles. The second-order valence-electron chi connectivity index (χ2n) is 5.02. The van der Waals surface area contributed by atoms with Crippen molar-refractivity contribution in [2.24, 2.45) is 0 Å². The minimum atomic E-state index is -0.930. The maximum absolute atomic E-state index is 12.3. The van der Waals surface area contributed by atoms with Gasteiger partial charge in [0.1, 0.15) is 0 Å². The summed E-state index contributed by atoms with van der Waals surface area (Å²) in [4.78, 5) is 26.3. The van der Waals surface area contributed by atoms with Crippen molar-refractivity contribution in [3.8, 4) is 0 Å². The van der Waals surface area contributed by atoms with Crippen LogP contribution in [0.3, 0.4) is 0 Å². The van der Waals surface area contributed by atoms with Crippen molar-refractivity contribution in [1.29, 1.82) is 0 Å². The van der Waals surface area contributed by atoms with Gasteiger partial charge in [0.15, 0.2) is 0 Å². The van der Waals surface area contributed by atoms with Crippen LogP contribution in [0.1, 0.15) is 27.2 Å². The molecule has 0 unspecified atom stereocenters. The van der Waals surface area contributed by atoms with Gasteiger partial charge in [0, 0.05) is 23.5 Å². The lowest BCUT2D eigenvalue weighted by Gasteiger charge is -2.17. The van der Waals surface area contributed by atoms with Crippen LogP contribution >= 0.6 is 11.3 Å². The standard InChI is InChI=1S/C16H15NO3S/c18-15(6-4-13-2-1-9-21-13)17-8-7-11-10-12(16(19)20)3-5-14(11)17/h1-3,5,9-10H,4,6-8H2,(H,19,20). The molecule has 0 bridgehead atoms. The molecule has 1 aromatic carbocycles. The number of nitrogens with zero attached hydrogens (tertiary/aromatic N) is 1. The van der Waals surface area contributed by atoms with E-state index in [1.807, 2.05) is 17.5 Å². The molecule has 0 fully saturated rings. The molecule has 0 spiro atoms. The summed E-state index contributed by atoms with van der Waals surface area (Å²) in [5.41, 5.74) is 2.08. The molecular weight excluding hydrogens is 286 g/mol. The second kappa shape index (κ2) is 5.69. The van der Waals surface area contributed by atoms with Gasteiger partial charge < -0.3 is 10.0 Å². The predicted octanol–water partition coefficient (Wildman–Crippen LogP) is 2.97. The zero-order chi connectivity index (χ0) is 14.8. The molecule has 5 heteroatoms. The van der Waals surface area contributed by atoms with Gasteiger partial charge in [-0.15, -0.1) is 11.3 Å². The van der Waals surface area contributed by atoms with E-state index in [4.69, 9.17) is 5.11 Å². The molecule has 1 aromatic heterocycles. The topological polar surface area (TPSA) is 57.6 Å². The van der Waals surface area contributed by atoms with Gasteiger partial charge in [0.2, 0.25) is 5.91 Å². The van der Waals surface area contributed by atoms with Crippen molar-refractivity contribution in [3.05, 3.63) is 51.7 Å². The molecule has 2 heterocycles. The number of carbonyl (C=O) groups excluding carboxylic acids is 1. The number of carbonyl (C=O) groups is 2. The molecule has 0 aliphatic carbocycles. The number of thiophene rings is 1. The van der Waals surface area contributed by atoms with E-state index in [-0.39, 0.29) is 11.5 Å². The molecule has 0 saturated heterocycles. The number of rotatable bonds is 4. The molecule has 1 N–H and O–H groups in total. The molecule has 0 atom stereocenters. The van der Waals surface area contributed by atoms with Crippen molar-refractivity contribution in [2.45, 2.75) is 19.3 Å². The van der Waals surface area contributed by atoms with Crippen molar-refractivity contribution in [1.82, 2.24) is 0 Å². The molecule has 21 heavy (non-hydrogen) atoms. The fraction of sp³-hybridized carbons (Fsp3) is 0.250. The van der Waals surface area contributed by atoms with Gasteiger partial charge in [0.05, 0.1) is 5.56 Å². The largest absolute Gasteiger partial charge is 0.478 e. The number of hydrogen-bond donors (Lipinski definition) is 1. The normalized spacial score (nSPS) is 13.2. The highest BCUT2D eigenvalue weighted by molar-refractivity contribution is 7.09. The summed E-state index contributed by atoms with van der Waals surface area (Å²) in [5, 5.41) is 11.0. The van der Waals surface area contributed by atoms with E-state index in [9.17, 15) is 9.59 Å². The summed E-state index contributed by atoms with van der Waals surface area (Å²) in [7, 11) is 0. The average molecular weight is 301 g/mol. The molecule has 1 amide bonds. The van der Waals surface area contributed by atoms with E-state index in [2.05, 4.69) is 0 Å². The second-order valence-corrected chi connectivity index (χ2v) is 6.06. The molecule has 2 aromatic rings. The number of aryl methyl sites for hydroxylation is 1. The van der Waals surface area contributed by atoms with Crippen LogP contribution in [0.2, 0.25) is 0 Å². The Bertz CT molecular complexity index is 679. The third-order valence-corrected chi connectivity index (χ3v) is 4.62. The van der Waals surface area contributed by atoms with Crippen molar-refractivity contribution < 1.29 is 14.7 Å². The predicted molar refractivity (Wildman–Crippen MR) is 82.1 cm³/mol. The Kier molecular flexibility index (Phi) is 3.75. The zero-order valence-electron chi connectivity index (χ0n) is 11.4. The SMILES string of the molecule is O=C(O)c1ccc2c(c1)CCN2C(=O)CCc1cccs1. The van der Waals surface area contributed by atoms with E-state index >= 15 is 0 Å². The lowest BCUT2D eigenvalue weighted by molar-refractivity contribution is -0.118. The van der Waals surface area contributed by atoms with Crippen LogP contribution in [-0.4, -0.2) is 23.5 Å². The van der Waals surface area contributed by atoms with Gasteiger partial charge in [-0.1, -0.05) is 6.07 Å². The summed E-state index contributed by atoms with van der Waals surface area (Å²) in [6.07, 6.45) is 1.97. The maximum Gasteiger partial charge on any atom is 0.335 e. The lowest BCUT2D eigenvalue weighted by atomic mass is 10.1. The fourth-order valence-electron chi connectivity index (χ4n) is 2.61. The van der Waals surface area contributed by atoms with Crippen LogP contribution in [0.5, 0.6) is 0 Å². The Morgan fingerprint density at radius 1 is 1.29 bits per heavy atom. The minimum Gasteiger partial charge on any atom is -0.478 e. The highest BCUT2D eigenvalue weighted by Crippen LogP contribution is 2.29. The average Bonchev–Trinajstić information content (AvgIpc) is 3.13. The van der Waals surface area contributed by atoms with E-state index in [1.165, 1.54) is 4.88 Å². The van der Waals surface area contributed by atoms with Gasteiger partial charge in [-0.3, -0.25) is 4.79 Å². The van der Waals surface area contributed by atoms with Gasteiger partial charge in [-0.25, -0.2) is 4.79 Å². The van der Waals surface area contributed by atoms with Crippen LogP contribution in [0.25, 0.3) is 0 Å². The molecule has 108 valence electrons. The summed E-state index contributed by atoms with van der Waals surface area (Å²) >= 11 is 1.66. The zero-order valence-corrected chi connectivity index (χ0v) is 12.2. The van der Waals surface area contributed by atoms with E-state index in [0.717, 1.165) is 24.1 Å². The number of aromatic carboxylic acids is 1. The van der Waals surface area contributed by atoms with Crippen LogP contribution in [0.15, 0.2) is 35.7 Å². The van der Waals surface area contributed by atoms with Gasteiger partial charge in [0.25, 0.3) is 0 Å². The highest BCUT2D eigenvalue weighted by Gasteiger charge is 2.25. The number of benzene rings is 1. The third kappa shape index (κ3) is 2.83. The Morgan fingerprint density at radius 2 is 2.14 bits per heavy atom. The number of hydrogen-bond acceptors (Lipinski definition) is 3. The van der Waals surface area contributed by atoms with E-state index in [0.29, 0.717) is 13.0 Å². The Balaban J connectivity index is 1.71. The van der Waals surface area contributed by atoms with Crippen molar-refractivity contribution >= 4 is 28.9 Å². The fourth-order valence-corrected chi connectivity index (χ4v) is 3.32. The molecule has 4 nitrogen and oxygen atoms in total. The van der Waals surface area contributed by atoms with E-state index in [1.54, 1.807) is 34.4 Å². The molecular formula is C16H15NO3S. The molecule has 1 aliphatic heterocycles. The van der Waals surface area contributed by atoms with E-state index < -0.39 is 5.97 Å². The quantitative estimate of drug-likeness (QED) is 0.944. The smallest absolute Gasteiger partial charge is 0.335 e. The lowest BCUT2D eigenvalue weighted by Crippen LogP contribution is -2.28. The number of carboxylic acids is 1. The first kappa shape index (κ1) is 13.8. The van der Waals surface area contributed by atoms with Crippen molar-refractivity contribution in [2.75, 3.05) is 11.4 Å². The first-order valence-electron chi connectivity index (χ1n) is 6.84. The number of anilines is 1. The summed E-state index contributed by atoms with van der Waals surface area (Å²) < 4.78 is 0. The highest BCUT2D eigenvalue weighted by atomic mass is 32.1. The van der Waals surface area contributed by atoms with Gasteiger partial charge in [-0.2, -0.15) is 0 Å². The summed E-state index contributed by atoms with van der Waals surface area (Å²) in [5.74, 6) is -0.828.